The van der Waals surface area contributed by atoms with Crippen molar-refractivity contribution in [2.24, 2.45) is 5.73 Å². The van der Waals surface area contributed by atoms with E-state index in [2.05, 4.69) is 5.32 Å². The second-order valence-corrected chi connectivity index (χ2v) is 7.09. The molecule has 0 saturated carbocycles. The van der Waals surface area contributed by atoms with Crippen LogP contribution in [0.25, 0.3) is 0 Å². The van der Waals surface area contributed by atoms with Crippen LogP contribution in [0.5, 0.6) is 0 Å². The minimum absolute atomic E-state index is 0. The fraction of sp³-hybridized carbons (Fsp3) is 0.611. The van der Waals surface area contributed by atoms with Crippen molar-refractivity contribution in [3.05, 3.63) is 33.2 Å². The molecule has 1 aromatic heterocycles. The van der Waals surface area contributed by atoms with Gasteiger partial charge in [0.1, 0.15) is 6.54 Å². The number of nitrogens with one attached hydrogen (secondary N) is 1. The molecule has 26 heavy (non-hydrogen) atoms. The zero-order valence-corrected chi connectivity index (χ0v) is 16.7. The monoisotopic (exact) mass is 384 g/mol. The van der Waals surface area contributed by atoms with Gasteiger partial charge in [0.2, 0.25) is 5.91 Å². The van der Waals surface area contributed by atoms with E-state index in [1.54, 1.807) is 18.7 Å². The molecule has 1 unspecified atom stereocenters. The van der Waals surface area contributed by atoms with Crippen molar-refractivity contribution in [2.45, 2.75) is 59.2 Å². The van der Waals surface area contributed by atoms with Crippen molar-refractivity contribution in [2.75, 3.05) is 13.1 Å². The van der Waals surface area contributed by atoms with E-state index >= 15 is 0 Å². The average Bonchev–Trinajstić information content (AvgIpc) is 2.50. The number of amides is 2. The fourth-order valence-corrected chi connectivity index (χ4v) is 3.30. The van der Waals surface area contributed by atoms with E-state index in [9.17, 15) is 14.4 Å². The largest absolute Gasteiger partial charge is 0.352 e. The first kappa shape index (κ1) is 22.2. The molecule has 2 amide bonds. The lowest BCUT2D eigenvalue weighted by molar-refractivity contribution is -0.122. The Morgan fingerprint density at radius 1 is 1.35 bits per heavy atom. The third-order valence-electron chi connectivity index (χ3n) is 4.48. The minimum Gasteiger partial charge on any atom is -0.352 e. The molecule has 1 saturated heterocycles. The molecular weight excluding hydrogens is 356 g/mol. The highest BCUT2D eigenvalue weighted by atomic mass is 35.5. The summed E-state index contributed by atoms with van der Waals surface area (Å²) < 4.78 is 1.36. The molecule has 0 spiro atoms. The zero-order valence-electron chi connectivity index (χ0n) is 15.9. The number of hydrogen-bond acceptors (Lipinski definition) is 4. The summed E-state index contributed by atoms with van der Waals surface area (Å²) in [6.07, 6.45) is 1.79. The summed E-state index contributed by atoms with van der Waals surface area (Å²) in [6, 6.07) is 1.40. The molecule has 0 bridgehead atoms. The third kappa shape index (κ3) is 5.08. The quantitative estimate of drug-likeness (QED) is 0.808. The summed E-state index contributed by atoms with van der Waals surface area (Å²) >= 11 is 0. The maximum Gasteiger partial charge on any atom is 0.255 e. The third-order valence-corrected chi connectivity index (χ3v) is 4.48. The van der Waals surface area contributed by atoms with Crippen LogP contribution in [-0.2, 0) is 11.3 Å². The fourth-order valence-electron chi connectivity index (χ4n) is 3.30. The van der Waals surface area contributed by atoms with Gasteiger partial charge in [0, 0.05) is 36.9 Å². The summed E-state index contributed by atoms with van der Waals surface area (Å²) in [5, 5.41) is 2.77. The van der Waals surface area contributed by atoms with Gasteiger partial charge in [-0.15, -0.1) is 12.4 Å². The Bertz CT molecular complexity index is 730. The number of piperidine rings is 1. The maximum absolute atomic E-state index is 13.0. The summed E-state index contributed by atoms with van der Waals surface area (Å²) in [4.78, 5) is 39.1. The van der Waals surface area contributed by atoms with Crippen molar-refractivity contribution in [3.63, 3.8) is 0 Å². The predicted octanol–water partition coefficient (Wildman–Crippen LogP) is 0.975. The number of rotatable bonds is 4. The molecule has 2 heterocycles. The van der Waals surface area contributed by atoms with Crippen molar-refractivity contribution < 1.29 is 9.59 Å². The highest BCUT2D eigenvalue weighted by Crippen LogP contribution is 2.18. The molecular formula is C18H29ClN4O3. The van der Waals surface area contributed by atoms with Crippen LogP contribution in [-0.4, -0.2) is 46.5 Å². The number of halogens is 1. The number of carbonyl (C=O) groups is 2. The van der Waals surface area contributed by atoms with Gasteiger partial charge >= 0.3 is 0 Å². The van der Waals surface area contributed by atoms with Crippen LogP contribution < -0.4 is 16.6 Å². The summed E-state index contributed by atoms with van der Waals surface area (Å²) in [6.45, 7) is 8.28. The second kappa shape index (κ2) is 9.19. The van der Waals surface area contributed by atoms with E-state index in [0.717, 1.165) is 12.8 Å². The van der Waals surface area contributed by atoms with Gasteiger partial charge in [-0.25, -0.2) is 0 Å². The molecule has 8 heteroatoms. The Balaban J connectivity index is 0.00000338. The Kier molecular flexibility index (Phi) is 7.84. The van der Waals surface area contributed by atoms with Crippen LogP contribution in [0.15, 0.2) is 10.9 Å². The van der Waals surface area contributed by atoms with E-state index in [4.69, 9.17) is 5.73 Å². The molecule has 146 valence electrons. The Labute approximate surface area is 160 Å². The van der Waals surface area contributed by atoms with Gasteiger partial charge in [-0.1, -0.05) is 0 Å². The summed E-state index contributed by atoms with van der Waals surface area (Å²) in [5.74, 6) is -0.370. The molecule has 1 aliphatic heterocycles. The molecule has 1 aromatic rings. The van der Waals surface area contributed by atoms with E-state index in [1.165, 1.54) is 10.6 Å². The van der Waals surface area contributed by atoms with Crippen molar-refractivity contribution >= 4 is 24.2 Å². The van der Waals surface area contributed by atoms with Crippen LogP contribution in [0.3, 0.4) is 0 Å². The van der Waals surface area contributed by atoms with Gasteiger partial charge < -0.3 is 20.5 Å². The maximum atomic E-state index is 13.0. The molecule has 1 atom stereocenters. The van der Waals surface area contributed by atoms with E-state index < -0.39 is 0 Å². The highest BCUT2D eigenvalue weighted by Gasteiger charge is 2.26. The molecule has 2 rings (SSSR count). The molecule has 1 fully saturated rings. The first-order valence-corrected chi connectivity index (χ1v) is 8.76. The number of nitrogens with zero attached hydrogens (tertiary/aromatic N) is 2. The number of pyridine rings is 1. The topological polar surface area (TPSA) is 97.4 Å². The molecule has 1 aliphatic rings. The molecule has 3 N–H and O–H groups in total. The number of likely N-dealkylation sites (tertiary alicyclic amines) is 1. The van der Waals surface area contributed by atoms with Crippen molar-refractivity contribution in [1.82, 2.24) is 14.8 Å². The van der Waals surface area contributed by atoms with E-state index in [1.807, 2.05) is 13.8 Å². The second-order valence-electron chi connectivity index (χ2n) is 7.09. The summed E-state index contributed by atoms with van der Waals surface area (Å²) in [7, 11) is 0. The van der Waals surface area contributed by atoms with E-state index in [-0.39, 0.29) is 48.4 Å². The number of nitrogens with two attached hydrogens (primary N) is 1. The lowest BCUT2D eigenvalue weighted by atomic mass is 10.0. The van der Waals surface area contributed by atoms with E-state index in [0.29, 0.717) is 29.9 Å². The number of aryl methyl sites for hydroxylation is 1. The Morgan fingerprint density at radius 3 is 2.58 bits per heavy atom. The average molecular weight is 385 g/mol. The molecule has 7 nitrogen and oxygen atoms in total. The number of carbonyl (C=O) groups excluding carboxylic acids is 2. The number of aromatic nitrogens is 1. The van der Waals surface area contributed by atoms with Crippen LogP contribution in [0.4, 0.5) is 0 Å². The molecule has 0 aromatic carbocycles. The summed E-state index contributed by atoms with van der Waals surface area (Å²) in [5.41, 5.74) is 7.35. The Morgan fingerprint density at radius 2 is 2.00 bits per heavy atom. The first-order valence-electron chi connectivity index (χ1n) is 8.76. The van der Waals surface area contributed by atoms with Crippen LogP contribution in [0.2, 0.25) is 0 Å². The van der Waals surface area contributed by atoms with Crippen LogP contribution in [0.1, 0.15) is 48.3 Å². The number of hydrogen-bond donors (Lipinski definition) is 2. The van der Waals surface area contributed by atoms with Crippen LogP contribution in [0, 0.1) is 13.8 Å². The van der Waals surface area contributed by atoms with Gasteiger partial charge in [-0.3, -0.25) is 14.4 Å². The normalized spacial score (nSPS) is 17.0. The van der Waals surface area contributed by atoms with Gasteiger partial charge in [0.15, 0.2) is 0 Å². The van der Waals surface area contributed by atoms with Gasteiger partial charge in [0.25, 0.3) is 11.5 Å². The lowest BCUT2D eigenvalue weighted by Crippen LogP contribution is -2.46. The van der Waals surface area contributed by atoms with Crippen LogP contribution >= 0.6 is 12.4 Å². The highest BCUT2D eigenvalue weighted by molar-refractivity contribution is 5.96. The SMILES string of the molecule is Cc1cc(=O)n(CC(=O)NC(C)C)c(C)c1C(=O)N1CCCC(N)C1.Cl. The standard InChI is InChI=1S/C18H28N4O3.ClH/c1-11(2)20-15(23)10-22-13(4)17(12(3)8-16(22)24)18(25)21-7-5-6-14(19)9-21;/h8,11,14H,5-7,9-10,19H2,1-4H3,(H,20,23);1H. The van der Waals surface area contributed by atoms with Gasteiger partial charge in [-0.2, -0.15) is 0 Å². The first-order chi connectivity index (χ1) is 11.7. The van der Waals surface area contributed by atoms with Gasteiger partial charge in [0.05, 0.1) is 5.56 Å². The van der Waals surface area contributed by atoms with Crippen molar-refractivity contribution in [3.8, 4) is 0 Å². The molecule has 0 radical (unpaired) electrons. The smallest absolute Gasteiger partial charge is 0.255 e. The lowest BCUT2D eigenvalue weighted by Gasteiger charge is -2.32. The Hall–Kier alpha value is -1.86. The van der Waals surface area contributed by atoms with Gasteiger partial charge in [-0.05, 0) is 46.1 Å². The minimum atomic E-state index is -0.277. The molecule has 0 aliphatic carbocycles. The zero-order chi connectivity index (χ0) is 18.7. The van der Waals surface area contributed by atoms with Crippen molar-refractivity contribution in [1.29, 1.82) is 0 Å². The predicted molar refractivity (Wildman–Crippen MR) is 104 cm³/mol.